The van der Waals surface area contributed by atoms with E-state index in [2.05, 4.69) is 0 Å². The van der Waals surface area contributed by atoms with Gasteiger partial charge in [-0.2, -0.15) is 13.2 Å². The number of benzene rings is 2. The minimum Gasteiger partial charge on any atom is -0.284 e. The molecule has 2 aromatic rings. The molecule has 8 heteroatoms. The predicted molar refractivity (Wildman–Crippen MR) is 72.7 cm³/mol. The zero-order valence-electron chi connectivity index (χ0n) is 10.9. The van der Waals surface area contributed by atoms with Crippen molar-refractivity contribution in [3.63, 3.8) is 0 Å². The van der Waals surface area contributed by atoms with Crippen LogP contribution in [0.4, 0.5) is 30.2 Å². The molecule has 2 rings (SSSR count). The first-order valence-electron chi connectivity index (χ1n) is 5.99. The van der Waals surface area contributed by atoms with E-state index < -0.39 is 16.7 Å². The number of carbonyl (C=O) groups excluding carboxylic acids is 1. The minimum absolute atomic E-state index is 0.0127. The Hall–Kier alpha value is -2.90. The third-order valence-electron chi connectivity index (χ3n) is 2.90. The molecule has 0 N–H and O–H groups in total. The van der Waals surface area contributed by atoms with Gasteiger partial charge in [0.25, 0.3) is 5.69 Å². The second-order valence-electron chi connectivity index (χ2n) is 4.30. The number of hydrogen-bond acceptors (Lipinski definition) is 3. The van der Waals surface area contributed by atoms with Crippen LogP contribution in [0.3, 0.4) is 0 Å². The highest BCUT2D eigenvalue weighted by Crippen LogP contribution is 2.33. The van der Waals surface area contributed by atoms with Gasteiger partial charge in [-0.15, -0.1) is 0 Å². The lowest BCUT2D eigenvalue weighted by Gasteiger charge is -2.18. The molecule has 114 valence electrons. The Bertz CT molecular complexity index is 699. The summed E-state index contributed by atoms with van der Waals surface area (Å²) < 4.78 is 38.1. The highest BCUT2D eigenvalue weighted by molar-refractivity contribution is 5.86. The highest BCUT2D eigenvalue weighted by Gasteiger charge is 2.30. The van der Waals surface area contributed by atoms with Gasteiger partial charge in [0, 0.05) is 23.5 Å². The van der Waals surface area contributed by atoms with E-state index in [0.29, 0.717) is 6.41 Å². The first-order valence-corrected chi connectivity index (χ1v) is 5.99. The van der Waals surface area contributed by atoms with Crippen molar-refractivity contribution in [2.45, 2.75) is 6.18 Å². The van der Waals surface area contributed by atoms with Gasteiger partial charge >= 0.3 is 6.18 Å². The maximum Gasteiger partial charge on any atom is 0.416 e. The van der Waals surface area contributed by atoms with E-state index in [0.717, 1.165) is 17.0 Å². The second kappa shape index (κ2) is 5.84. The summed E-state index contributed by atoms with van der Waals surface area (Å²) in [5, 5.41) is 10.6. The molecule has 22 heavy (non-hydrogen) atoms. The predicted octanol–water partition coefficient (Wildman–Crippen LogP) is 3.91. The molecule has 0 heterocycles. The summed E-state index contributed by atoms with van der Waals surface area (Å²) in [4.78, 5) is 22.1. The van der Waals surface area contributed by atoms with E-state index in [1.165, 1.54) is 36.4 Å². The van der Waals surface area contributed by atoms with Crippen LogP contribution in [0.1, 0.15) is 5.56 Å². The third-order valence-corrected chi connectivity index (χ3v) is 2.90. The van der Waals surface area contributed by atoms with Crippen LogP contribution in [0.5, 0.6) is 0 Å². The fourth-order valence-electron chi connectivity index (χ4n) is 1.84. The molecule has 5 nitrogen and oxygen atoms in total. The number of nitro groups is 1. The van der Waals surface area contributed by atoms with E-state index >= 15 is 0 Å². The number of anilines is 2. The SMILES string of the molecule is O=CN(c1ccc([N+](=O)[O-])cc1)c1cccc(C(F)(F)F)c1. The molecule has 0 aliphatic heterocycles. The van der Waals surface area contributed by atoms with Crippen LogP contribution in [0.15, 0.2) is 48.5 Å². The molecular formula is C14H9F3N2O3. The Balaban J connectivity index is 2.40. The van der Waals surface area contributed by atoms with Crippen molar-refractivity contribution in [1.29, 1.82) is 0 Å². The third kappa shape index (κ3) is 3.22. The number of nitrogens with zero attached hydrogens (tertiary/aromatic N) is 2. The summed E-state index contributed by atoms with van der Waals surface area (Å²) in [6.45, 7) is 0. The number of halogens is 3. The van der Waals surface area contributed by atoms with Crippen LogP contribution in [0.25, 0.3) is 0 Å². The van der Waals surface area contributed by atoms with Gasteiger partial charge in [0.15, 0.2) is 0 Å². The Morgan fingerprint density at radius 3 is 2.18 bits per heavy atom. The smallest absolute Gasteiger partial charge is 0.284 e. The fourth-order valence-corrected chi connectivity index (χ4v) is 1.84. The van der Waals surface area contributed by atoms with E-state index in [9.17, 15) is 28.1 Å². The minimum atomic E-state index is -4.53. The Morgan fingerprint density at radius 1 is 1.05 bits per heavy atom. The van der Waals surface area contributed by atoms with Crippen molar-refractivity contribution in [2.75, 3.05) is 4.90 Å². The largest absolute Gasteiger partial charge is 0.416 e. The first kappa shape index (κ1) is 15.5. The summed E-state index contributed by atoms with van der Waals surface area (Å²) in [6.07, 6.45) is -4.18. The number of non-ortho nitro benzene ring substituents is 1. The van der Waals surface area contributed by atoms with Crippen molar-refractivity contribution in [3.8, 4) is 0 Å². The number of amides is 1. The maximum atomic E-state index is 12.7. The molecule has 0 radical (unpaired) electrons. The molecular weight excluding hydrogens is 301 g/mol. The Kier molecular flexibility index (Phi) is 4.11. The van der Waals surface area contributed by atoms with Crippen LogP contribution in [-0.2, 0) is 11.0 Å². The van der Waals surface area contributed by atoms with Crippen LogP contribution in [-0.4, -0.2) is 11.3 Å². The lowest BCUT2D eigenvalue weighted by Crippen LogP contribution is -2.15. The molecule has 0 bridgehead atoms. The number of alkyl halides is 3. The molecule has 0 aliphatic rings. The van der Waals surface area contributed by atoms with Gasteiger partial charge in [0.05, 0.1) is 10.5 Å². The number of rotatable bonds is 4. The molecule has 0 fully saturated rings. The van der Waals surface area contributed by atoms with Gasteiger partial charge in [-0.05, 0) is 30.3 Å². The number of nitro benzene ring substituents is 1. The maximum absolute atomic E-state index is 12.7. The second-order valence-corrected chi connectivity index (χ2v) is 4.30. The average molecular weight is 310 g/mol. The molecule has 2 aromatic carbocycles. The molecule has 1 amide bonds. The van der Waals surface area contributed by atoms with Crippen molar-refractivity contribution in [1.82, 2.24) is 0 Å². The normalized spacial score (nSPS) is 11.0. The van der Waals surface area contributed by atoms with Crippen molar-refractivity contribution in [2.24, 2.45) is 0 Å². The Morgan fingerprint density at radius 2 is 1.68 bits per heavy atom. The summed E-state index contributed by atoms with van der Waals surface area (Å²) in [7, 11) is 0. The van der Waals surface area contributed by atoms with E-state index in [4.69, 9.17) is 0 Å². The van der Waals surface area contributed by atoms with Crippen molar-refractivity contribution < 1.29 is 22.9 Å². The van der Waals surface area contributed by atoms with Gasteiger partial charge in [-0.25, -0.2) is 0 Å². The zero-order valence-corrected chi connectivity index (χ0v) is 10.9. The monoisotopic (exact) mass is 310 g/mol. The molecule has 0 saturated carbocycles. The molecule has 0 atom stereocenters. The fraction of sp³-hybridized carbons (Fsp3) is 0.0714. The molecule has 0 aliphatic carbocycles. The summed E-state index contributed by atoms with van der Waals surface area (Å²) in [5.74, 6) is 0. The van der Waals surface area contributed by atoms with E-state index in [1.807, 2.05) is 0 Å². The quantitative estimate of drug-likeness (QED) is 0.488. The lowest BCUT2D eigenvalue weighted by atomic mass is 10.1. The van der Waals surface area contributed by atoms with Crippen LogP contribution < -0.4 is 4.90 Å². The molecule has 0 spiro atoms. The lowest BCUT2D eigenvalue weighted by molar-refractivity contribution is -0.384. The summed E-state index contributed by atoms with van der Waals surface area (Å²) in [5.41, 5.74) is -0.837. The standard InChI is InChI=1S/C14H9F3N2O3/c15-14(16,17)10-2-1-3-13(8-10)18(9-20)11-4-6-12(7-5-11)19(21)22/h1-9H. The van der Waals surface area contributed by atoms with Crippen LogP contribution in [0, 0.1) is 10.1 Å². The average Bonchev–Trinajstić information content (AvgIpc) is 2.48. The summed E-state index contributed by atoms with van der Waals surface area (Å²) in [6, 6.07) is 9.14. The number of carbonyl (C=O) groups is 1. The first-order chi connectivity index (χ1) is 10.3. The number of hydrogen-bond donors (Lipinski definition) is 0. The topological polar surface area (TPSA) is 63.5 Å². The zero-order chi connectivity index (χ0) is 16.3. The Labute approximate surface area is 122 Å². The molecule has 0 unspecified atom stereocenters. The highest BCUT2D eigenvalue weighted by atomic mass is 19.4. The summed E-state index contributed by atoms with van der Waals surface area (Å²) >= 11 is 0. The van der Waals surface area contributed by atoms with Gasteiger partial charge in [-0.1, -0.05) is 6.07 Å². The molecule has 0 saturated heterocycles. The van der Waals surface area contributed by atoms with Crippen molar-refractivity contribution in [3.05, 3.63) is 64.2 Å². The van der Waals surface area contributed by atoms with Crippen LogP contribution >= 0.6 is 0 Å². The van der Waals surface area contributed by atoms with Crippen molar-refractivity contribution >= 4 is 23.5 Å². The van der Waals surface area contributed by atoms with Gasteiger partial charge in [0.2, 0.25) is 6.41 Å². The molecule has 0 aromatic heterocycles. The van der Waals surface area contributed by atoms with Crippen LogP contribution in [0.2, 0.25) is 0 Å². The van der Waals surface area contributed by atoms with Gasteiger partial charge < -0.3 is 0 Å². The van der Waals surface area contributed by atoms with Gasteiger partial charge in [0.1, 0.15) is 0 Å². The van der Waals surface area contributed by atoms with E-state index in [-0.39, 0.29) is 17.1 Å². The van der Waals surface area contributed by atoms with E-state index in [1.54, 1.807) is 0 Å². The van der Waals surface area contributed by atoms with Gasteiger partial charge in [-0.3, -0.25) is 19.8 Å².